The number of halogens is 1. The molecule has 0 unspecified atom stereocenters. The van der Waals surface area contributed by atoms with Crippen molar-refractivity contribution in [3.8, 4) is 11.3 Å². The van der Waals surface area contributed by atoms with Crippen molar-refractivity contribution in [3.05, 3.63) is 57.5 Å². The summed E-state index contributed by atoms with van der Waals surface area (Å²) >= 11 is 3.39. The summed E-state index contributed by atoms with van der Waals surface area (Å²) in [6, 6.07) is 8.39. The maximum atomic E-state index is 7.39. The highest BCUT2D eigenvalue weighted by atomic mass is 79.9. The summed E-state index contributed by atoms with van der Waals surface area (Å²) in [4.78, 5) is 8.09. The Kier molecular flexibility index (Phi) is 3.41. The fraction of sp³-hybridized carbons (Fsp3) is 0.368. The van der Waals surface area contributed by atoms with Crippen molar-refractivity contribution in [2.75, 3.05) is 0 Å². The minimum absolute atomic E-state index is 0.155. The Morgan fingerprint density at radius 2 is 1.77 bits per heavy atom. The zero-order chi connectivity index (χ0) is 16.1. The Morgan fingerprint density at radius 3 is 2.45 bits per heavy atom. The number of hydrogen-bond acceptors (Lipinski definition) is 1. The van der Waals surface area contributed by atoms with E-state index in [4.69, 9.17) is 6.57 Å². The summed E-state index contributed by atoms with van der Waals surface area (Å²) in [5.41, 5.74) is 5.54. The van der Waals surface area contributed by atoms with Crippen molar-refractivity contribution in [2.45, 2.75) is 44.9 Å². The lowest BCUT2D eigenvalue weighted by atomic mass is 9.82. The zero-order valence-electron chi connectivity index (χ0n) is 13.4. The third-order valence-corrected chi connectivity index (χ3v) is 5.02. The number of nitrogens with zero attached hydrogens (tertiary/aromatic N) is 2. The molecule has 0 saturated heterocycles. The smallest absolute Gasteiger partial charge is 0.214 e. The van der Waals surface area contributed by atoms with E-state index in [-0.39, 0.29) is 10.8 Å². The fourth-order valence-corrected chi connectivity index (χ4v) is 4.19. The van der Waals surface area contributed by atoms with E-state index in [1.54, 1.807) is 6.20 Å². The second kappa shape index (κ2) is 4.93. The van der Waals surface area contributed by atoms with Crippen molar-refractivity contribution < 1.29 is 0 Å². The molecule has 2 nitrogen and oxygen atoms in total. The lowest BCUT2D eigenvalue weighted by Gasteiger charge is -2.22. The molecule has 2 aromatic rings. The third kappa shape index (κ3) is 2.36. The standard InChI is InChI=1S/C19H19BrN2/c1-18(2)11-19(3,4)15-8-12(6-7-14(15)18)17-16(21-5)9-13(20)10-22-17/h6-10H,11H2,1-4H3. The van der Waals surface area contributed by atoms with Gasteiger partial charge in [0.25, 0.3) is 0 Å². The Balaban J connectivity index is 2.19. The van der Waals surface area contributed by atoms with Gasteiger partial charge in [0.2, 0.25) is 5.69 Å². The van der Waals surface area contributed by atoms with Crippen LogP contribution in [0.25, 0.3) is 16.1 Å². The molecule has 1 aliphatic rings. The molecule has 1 aromatic heterocycles. The number of rotatable bonds is 1. The Hall–Kier alpha value is -1.66. The molecule has 112 valence electrons. The van der Waals surface area contributed by atoms with Crippen molar-refractivity contribution in [3.63, 3.8) is 0 Å². The quantitative estimate of drug-likeness (QED) is 0.572. The summed E-state index contributed by atoms with van der Waals surface area (Å²) < 4.78 is 0.838. The number of aromatic nitrogens is 1. The summed E-state index contributed by atoms with van der Waals surface area (Å²) in [6.45, 7) is 16.6. The molecule has 0 N–H and O–H groups in total. The van der Waals surface area contributed by atoms with Crippen LogP contribution < -0.4 is 0 Å². The van der Waals surface area contributed by atoms with Gasteiger partial charge in [-0.3, -0.25) is 4.98 Å². The normalized spacial score (nSPS) is 17.8. The van der Waals surface area contributed by atoms with Gasteiger partial charge in [-0.1, -0.05) is 61.8 Å². The Morgan fingerprint density at radius 1 is 1.09 bits per heavy atom. The molecule has 3 rings (SSSR count). The minimum Gasteiger partial charge on any atom is -0.267 e. The van der Waals surface area contributed by atoms with Gasteiger partial charge in [0.15, 0.2) is 0 Å². The lowest BCUT2D eigenvalue weighted by Crippen LogP contribution is -2.17. The van der Waals surface area contributed by atoms with Gasteiger partial charge < -0.3 is 0 Å². The van der Waals surface area contributed by atoms with Gasteiger partial charge in [-0.25, -0.2) is 4.85 Å². The second-order valence-electron chi connectivity index (χ2n) is 7.34. The van der Waals surface area contributed by atoms with Gasteiger partial charge in [0.05, 0.1) is 12.3 Å². The highest BCUT2D eigenvalue weighted by molar-refractivity contribution is 9.10. The summed E-state index contributed by atoms with van der Waals surface area (Å²) in [5, 5.41) is 0. The second-order valence-corrected chi connectivity index (χ2v) is 8.25. The molecular formula is C19H19BrN2. The van der Waals surface area contributed by atoms with E-state index in [0.29, 0.717) is 5.69 Å². The first-order chi connectivity index (χ1) is 10.2. The largest absolute Gasteiger partial charge is 0.267 e. The molecule has 0 bridgehead atoms. The number of fused-ring (bicyclic) bond motifs is 1. The average molecular weight is 355 g/mol. The van der Waals surface area contributed by atoms with Gasteiger partial charge in [-0.05, 0) is 40.0 Å². The molecule has 1 heterocycles. The fourth-order valence-electron chi connectivity index (χ4n) is 3.87. The van der Waals surface area contributed by atoms with Crippen molar-refractivity contribution in [2.24, 2.45) is 0 Å². The molecule has 0 atom stereocenters. The molecule has 1 aliphatic carbocycles. The van der Waals surface area contributed by atoms with E-state index in [1.807, 2.05) is 6.07 Å². The molecule has 0 amide bonds. The topological polar surface area (TPSA) is 17.2 Å². The monoisotopic (exact) mass is 354 g/mol. The molecule has 1 aromatic carbocycles. The van der Waals surface area contributed by atoms with Gasteiger partial charge in [0, 0.05) is 10.7 Å². The Labute approximate surface area is 140 Å². The summed E-state index contributed by atoms with van der Waals surface area (Å²) in [6.07, 6.45) is 2.90. The van der Waals surface area contributed by atoms with Crippen LogP contribution in [0.1, 0.15) is 45.2 Å². The molecule has 22 heavy (non-hydrogen) atoms. The maximum Gasteiger partial charge on any atom is 0.214 e. The predicted octanol–water partition coefficient (Wildman–Crippen LogP) is 6.02. The first-order valence-corrected chi connectivity index (χ1v) is 8.22. The maximum absolute atomic E-state index is 7.39. The van der Waals surface area contributed by atoms with E-state index in [9.17, 15) is 0 Å². The first-order valence-electron chi connectivity index (χ1n) is 7.43. The van der Waals surface area contributed by atoms with E-state index < -0.39 is 0 Å². The third-order valence-electron chi connectivity index (χ3n) is 4.59. The first kappa shape index (κ1) is 15.2. The average Bonchev–Trinajstić information content (AvgIpc) is 2.63. The van der Waals surface area contributed by atoms with Crippen LogP contribution in [0.4, 0.5) is 5.69 Å². The number of benzene rings is 1. The molecule has 3 heteroatoms. The van der Waals surface area contributed by atoms with Gasteiger partial charge >= 0.3 is 0 Å². The van der Waals surface area contributed by atoms with Crippen LogP contribution in [0, 0.1) is 6.57 Å². The van der Waals surface area contributed by atoms with Gasteiger partial charge in [-0.2, -0.15) is 0 Å². The highest BCUT2D eigenvalue weighted by Gasteiger charge is 2.41. The van der Waals surface area contributed by atoms with Gasteiger partial charge in [-0.15, -0.1) is 0 Å². The van der Waals surface area contributed by atoms with Crippen LogP contribution in [0.15, 0.2) is 34.9 Å². The Bertz CT molecular complexity index is 798. The van der Waals surface area contributed by atoms with Gasteiger partial charge in [0.1, 0.15) is 0 Å². The van der Waals surface area contributed by atoms with E-state index >= 15 is 0 Å². The molecular weight excluding hydrogens is 336 g/mol. The molecule has 0 saturated carbocycles. The molecule has 0 spiro atoms. The lowest BCUT2D eigenvalue weighted by molar-refractivity contribution is 0.403. The van der Waals surface area contributed by atoms with Crippen molar-refractivity contribution >= 4 is 21.6 Å². The zero-order valence-corrected chi connectivity index (χ0v) is 15.0. The van der Waals surface area contributed by atoms with Crippen LogP contribution in [-0.2, 0) is 10.8 Å². The minimum atomic E-state index is 0.155. The van der Waals surface area contributed by atoms with Crippen LogP contribution in [-0.4, -0.2) is 4.98 Å². The highest BCUT2D eigenvalue weighted by Crippen LogP contribution is 2.50. The van der Waals surface area contributed by atoms with Crippen LogP contribution in [0.3, 0.4) is 0 Å². The van der Waals surface area contributed by atoms with Crippen molar-refractivity contribution in [1.29, 1.82) is 0 Å². The number of hydrogen-bond donors (Lipinski definition) is 0. The van der Waals surface area contributed by atoms with Crippen molar-refractivity contribution in [1.82, 2.24) is 4.98 Å². The summed E-state index contributed by atoms with van der Waals surface area (Å²) in [7, 11) is 0. The predicted molar refractivity (Wildman–Crippen MR) is 94.3 cm³/mol. The summed E-state index contributed by atoms with van der Waals surface area (Å²) in [5.74, 6) is 0. The van der Waals surface area contributed by atoms with E-state index in [2.05, 4.69) is 71.7 Å². The molecule has 0 aliphatic heterocycles. The van der Waals surface area contributed by atoms with Crippen LogP contribution >= 0.6 is 15.9 Å². The number of pyridine rings is 1. The molecule has 0 fully saturated rings. The van der Waals surface area contributed by atoms with E-state index in [1.165, 1.54) is 11.1 Å². The molecule has 0 radical (unpaired) electrons. The SMILES string of the molecule is [C-]#[N+]c1cc(Br)cnc1-c1ccc2c(c1)C(C)(C)CC2(C)C. The van der Waals surface area contributed by atoms with Crippen LogP contribution in [0.5, 0.6) is 0 Å². The van der Waals surface area contributed by atoms with Crippen LogP contribution in [0.2, 0.25) is 0 Å². The van der Waals surface area contributed by atoms with E-state index in [0.717, 1.165) is 22.2 Å².